The molecule has 0 aliphatic carbocycles. The van der Waals surface area contributed by atoms with E-state index in [-0.39, 0.29) is 0 Å². The van der Waals surface area contributed by atoms with E-state index in [1.54, 1.807) is 12.4 Å². The topological polar surface area (TPSA) is 51.8 Å². The van der Waals surface area contributed by atoms with Crippen LogP contribution in [0.4, 0.5) is 0 Å². The standard InChI is InChI=1S/C19H11N3O/c1-2-5-13-11-22-15(10-12(13)4-1)14-7-9-21-19-17(14)18-16(23-19)6-3-8-20-18/h1-11H. The van der Waals surface area contributed by atoms with E-state index in [0.717, 1.165) is 38.5 Å². The number of nitrogens with zero attached hydrogens (tertiary/aromatic N) is 3. The molecule has 1 aromatic carbocycles. The zero-order valence-corrected chi connectivity index (χ0v) is 12.1. The zero-order chi connectivity index (χ0) is 15.2. The van der Waals surface area contributed by atoms with E-state index >= 15 is 0 Å². The van der Waals surface area contributed by atoms with Crippen LogP contribution in [0.2, 0.25) is 0 Å². The van der Waals surface area contributed by atoms with Crippen LogP contribution in [-0.4, -0.2) is 15.0 Å². The molecule has 0 spiro atoms. The van der Waals surface area contributed by atoms with Crippen molar-refractivity contribution in [2.75, 3.05) is 0 Å². The number of fused-ring (bicyclic) bond motifs is 4. The van der Waals surface area contributed by atoms with Gasteiger partial charge in [0.1, 0.15) is 5.52 Å². The minimum atomic E-state index is 0.589. The third-order valence-corrected chi connectivity index (χ3v) is 4.04. The molecule has 0 aliphatic rings. The molecule has 5 rings (SSSR count). The third kappa shape index (κ3) is 1.82. The van der Waals surface area contributed by atoms with Crippen LogP contribution in [0.3, 0.4) is 0 Å². The highest BCUT2D eigenvalue weighted by atomic mass is 16.3. The lowest BCUT2D eigenvalue weighted by atomic mass is 10.1. The lowest BCUT2D eigenvalue weighted by Crippen LogP contribution is -1.87. The summed E-state index contributed by atoms with van der Waals surface area (Å²) in [6.07, 6.45) is 5.41. The van der Waals surface area contributed by atoms with Crippen LogP contribution >= 0.6 is 0 Å². The average Bonchev–Trinajstić information content (AvgIpc) is 3.00. The molecular weight excluding hydrogens is 286 g/mol. The molecule has 4 heteroatoms. The molecule has 0 fully saturated rings. The summed E-state index contributed by atoms with van der Waals surface area (Å²) >= 11 is 0. The quantitative estimate of drug-likeness (QED) is 0.454. The smallest absolute Gasteiger partial charge is 0.229 e. The first kappa shape index (κ1) is 12.3. The molecule has 0 bridgehead atoms. The van der Waals surface area contributed by atoms with Gasteiger partial charge in [-0.15, -0.1) is 0 Å². The Morgan fingerprint density at radius 2 is 1.70 bits per heavy atom. The van der Waals surface area contributed by atoms with Gasteiger partial charge in [0.2, 0.25) is 5.71 Å². The summed E-state index contributed by atoms with van der Waals surface area (Å²) < 4.78 is 5.80. The number of aromatic nitrogens is 3. The molecule has 0 saturated heterocycles. The van der Waals surface area contributed by atoms with Gasteiger partial charge in [0.05, 0.1) is 11.1 Å². The first-order valence-corrected chi connectivity index (χ1v) is 7.37. The van der Waals surface area contributed by atoms with Gasteiger partial charge in [0.25, 0.3) is 0 Å². The van der Waals surface area contributed by atoms with Crippen LogP contribution in [0.15, 0.2) is 71.5 Å². The maximum atomic E-state index is 5.80. The maximum absolute atomic E-state index is 5.80. The van der Waals surface area contributed by atoms with Gasteiger partial charge in [-0.3, -0.25) is 9.97 Å². The zero-order valence-electron chi connectivity index (χ0n) is 12.1. The highest BCUT2D eigenvalue weighted by molar-refractivity contribution is 6.09. The number of pyridine rings is 3. The lowest BCUT2D eigenvalue weighted by molar-refractivity contribution is 0.653. The summed E-state index contributed by atoms with van der Waals surface area (Å²) in [5.74, 6) is 0. The van der Waals surface area contributed by atoms with Gasteiger partial charge >= 0.3 is 0 Å². The highest BCUT2D eigenvalue weighted by Crippen LogP contribution is 2.34. The SMILES string of the molecule is c1ccc2cc(-c3ccnc4oc5cccnc5c34)ncc2c1. The van der Waals surface area contributed by atoms with Crippen LogP contribution in [0.5, 0.6) is 0 Å². The Bertz CT molecular complexity index is 1180. The molecule has 0 atom stereocenters. The highest BCUT2D eigenvalue weighted by Gasteiger charge is 2.15. The number of hydrogen-bond acceptors (Lipinski definition) is 4. The van der Waals surface area contributed by atoms with Gasteiger partial charge in [-0.2, -0.15) is 0 Å². The van der Waals surface area contributed by atoms with E-state index in [9.17, 15) is 0 Å². The van der Waals surface area contributed by atoms with Crippen molar-refractivity contribution in [1.29, 1.82) is 0 Å². The van der Waals surface area contributed by atoms with Crippen LogP contribution < -0.4 is 0 Å². The van der Waals surface area contributed by atoms with Crippen molar-refractivity contribution < 1.29 is 4.42 Å². The summed E-state index contributed by atoms with van der Waals surface area (Å²) in [4.78, 5) is 13.4. The summed E-state index contributed by atoms with van der Waals surface area (Å²) in [5.41, 5.74) is 4.03. The molecule has 4 aromatic heterocycles. The minimum absolute atomic E-state index is 0.589. The van der Waals surface area contributed by atoms with Crippen LogP contribution in [0.1, 0.15) is 0 Å². The minimum Gasteiger partial charge on any atom is -0.436 e. The molecule has 0 amide bonds. The summed E-state index contributed by atoms with van der Waals surface area (Å²) in [6, 6.07) is 16.0. The molecule has 23 heavy (non-hydrogen) atoms. The second-order valence-electron chi connectivity index (χ2n) is 5.41. The molecule has 0 radical (unpaired) electrons. The van der Waals surface area contributed by atoms with E-state index in [1.807, 2.05) is 36.5 Å². The molecule has 108 valence electrons. The van der Waals surface area contributed by atoms with E-state index in [4.69, 9.17) is 4.42 Å². The third-order valence-electron chi connectivity index (χ3n) is 4.04. The van der Waals surface area contributed by atoms with Gasteiger partial charge in [-0.05, 0) is 29.7 Å². The van der Waals surface area contributed by atoms with Crippen molar-refractivity contribution in [1.82, 2.24) is 15.0 Å². The Kier molecular flexibility index (Phi) is 2.46. The van der Waals surface area contributed by atoms with Crippen molar-refractivity contribution in [3.63, 3.8) is 0 Å². The van der Waals surface area contributed by atoms with E-state index in [1.165, 1.54) is 0 Å². The summed E-state index contributed by atoms with van der Waals surface area (Å²) in [5, 5.41) is 3.19. The van der Waals surface area contributed by atoms with Crippen molar-refractivity contribution in [3.8, 4) is 11.3 Å². The fourth-order valence-electron chi connectivity index (χ4n) is 2.96. The normalized spacial score (nSPS) is 11.5. The van der Waals surface area contributed by atoms with E-state index in [0.29, 0.717) is 5.71 Å². The molecule has 0 N–H and O–H groups in total. The molecule has 5 aromatic rings. The van der Waals surface area contributed by atoms with Crippen molar-refractivity contribution in [3.05, 3.63) is 67.1 Å². The summed E-state index contributed by atoms with van der Waals surface area (Å²) in [7, 11) is 0. The van der Waals surface area contributed by atoms with Crippen molar-refractivity contribution in [2.45, 2.75) is 0 Å². The van der Waals surface area contributed by atoms with Crippen LogP contribution in [0, 0.1) is 0 Å². The Balaban J connectivity index is 1.87. The molecule has 4 nitrogen and oxygen atoms in total. The van der Waals surface area contributed by atoms with Crippen LogP contribution in [0.25, 0.3) is 44.2 Å². The van der Waals surface area contributed by atoms with Crippen molar-refractivity contribution >= 4 is 33.0 Å². The van der Waals surface area contributed by atoms with E-state index in [2.05, 4.69) is 33.2 Å². The Hall–Kier alpha value is -3.27. The summed E-state index contributed by atoms with van der Waals surface area (Å²) in [6.45, 7) is 0. The van der Waals surface area contributed by atoms with Crippen LogP contribution in [-0.2, 0) is 0 Å². The predicted octanol–water partition coefficient (Wildman–Crippen LogP) is 4.59. The number of hydrogen-bond donors (Lipinski definition) is 0. The predicted molar refractivity (Wildman–Crippen MR) is 90.0 cm³/mol. The number of rotatable bonds is 1. The van der Waals surface area contributed by atoms with Gasteiger partial charge in [0.15, 0.2) is 5.58 Å². The molecule has 4 heterocycles. The fraction of sp³-hybridized carbons (Fsp3) is 0. The monoisotopic (exact) mass is 297 g/mol. The molecule has 0 aliphatic heterocycles. The average molecular weight is 297 g/mol. The maximum Gasteiger partial charge on any atom is 0.229 e. The lowest BCUT2D eigenvalue weighted by Gasteiger charge is -2.04. The second-order valence-corrected chi connectivity index (χ2v) is 5.41. The Morgan fingerprint density at radius 1 is 0.783 bits per heavy atom. The number of benzene rings is 1. The van der Waals surface area contributed by atoms with Gasteiger partial charge in [-0.25, -0.2) is 4.98 Å². The van der Waals surface area contributed by atoms with Gasteiger partial charge in [0, 0.05) is 29.5 Å². The fourth-order valence-corrected chi connectivity index (χ4v) is 2.96. The first-order chi connectivity index (χ1) is 11.4. The van der Waals surface area contributed by atoms with Gasteiger partial charge < -0.3 is 4.42 Å². The Labute approximate surface area is 131 Å². The second kappa shape index (κ2) is 4.61. The molecule has 0 saturated carbocycles. The molecular formula is C19H11N3O. The Morgan fingerprint density at radius 3 is 2.65 bits per heavy atom. The van der Waals surface area contributed by atoms with Crippen molar-refractivity contribution in [2.24, 2.45) is 0 Å². The van der Waals surface area contributed by atoms with E-state index < -0.39 is 0 Å². The molecule has 0 unspecified atom stereocenters. The largest absolute Gasteiger partial charge is 0.436 e. The number of furan rings is 1. The van der Waals surface area contributed by atoms with Gasteiger partial charge in [-0.1, -0.05) is 24.3 Å². The first-order valence-electron chi connectivity index (χ1n) is 7.37.